The highest BCUT2D eigenvalue weighted by molar-refractivity contribution is 5.74. The summed E-state index contributed by atoms with van der Waals surface area (Å²) in [4.78, 5) is 18.7. The van der Waals surface area contributed by atoms with Crippen molar-refractivity contribution in [2.75, 3.05) is 72.1 Å². The molecule has 0 radical (unpaired) electrons. The molecule has 1 N–H and O–H groups in total. The lowest BCUT2D eigenvalue weighted by molar-refractivity contribution is 0.0309. The van der Waals surface area contributed by atoms with Crippen molar-refractivity contribution in [2.24, 2.45) is 0 Å². The van der Waals surface area contributed by atoms with Gasteiger partial charge in [-0.1, -0.05) is 6.92 Å². The van der Waals surface area contributed by atoms with Gasteiger partial charge in [-0.25, -0.2) is 4.79 Å². The highest BCUT2D eigenvalue weighted by atomic mass is 16.5. The number of carbonyl (C=O) groups excluding carboxylic acids is 1. The zero-order valence-electron chi connectivity index (χ0n) is 12.6. The SMILES string of the molecule is CCCNC(=O)N1CCN(CCN2CCOCC2)CC1. The molecular formula is C14H28N4O2. The Balaban J connectivity index is 1.60. The summed E-state index contributed by atoms with van der Waals surface area (Å²) >= 11 is 0. The van der Waals surface area contributed by atoms with Gasteiger partial charge >= 0.3 is 6.03 Å². The second-order valence-electron chi connectivity index (χ2n) is 5.51. The maximum atomic E-state index is 11.8. The predicted octanol–water partition coefficient (Wildman–Crippen LogP) is 0.0558. The molecule has 20 heavy (non-hydrogen) atoms. The van der Waals surface area contributed by atoms with Crippen LogP contribution >= 0.6 is 0 Å². The van der Waals surface area contributed by atoms with Crippen LogP contribution in [0.3, 0.4) is 0 Å². The summed E-state index contributed by atoms with van der Waals surface area (Å²) in [6, 6.07) is 0.0969. The molecule has 0 atom stereocenters. The maximum absolute atomic E-state index is 11.8. The van der Waals surface area contributed by atoms with Gasteiger partial charge in [0.15, 0.2) is 0 Å². The lowest BCUT2D eigenvalue weighted by Crippen LogP contribution is -2.53. The molecular weight excluding hydrogens is 256 g/mol. The van der Waals surface area contributed by atoms with E-state index in [0.717, 1.165) is 78.5 Å². The topological polar surface area (TPSA) is 48.1 Å². The smallest absolute Gasteiger partial charge is 0.317 e. The van der Waals surface area contributed by atoms with Crippen molar-refractivity contribution in [3.8, 4) is 0 Å². The highest BCUT2D eigenvalue weighted by Crippen LogP contribution is 2.03. The number of nitrogens with zero attached hydrogens (tertiary/aromatic N) is 3. The molecule has 6 nitrogen and oxygen atoms in total. The minimum Gasteiger partial charge on any atom is -0.379 e. The molecule has 0 bridgehead atoms. The minimum atomic E-state index is 0.0969. The third-order valence-corrected chi connectivity index (χ3v) is 4.02. The third-order valence-electron chi connectivity index (χ3n) is 4.02. The number of amides is 2. The third kappa shape index (κ3) is 4.92. The first-order valence-corrected chi connectivity index (χ1v) is 7.85. The van der Waals surface area contributed by atoms with Crippen molar-refractivity contribution in [2.45, 2.75) is 13.3 Å². The molecule has 2 rings (SSSR count). The van der Waals surface area contributed by atoms with Crippen LogP contribution in [0.5, 0.6) is 0 Å². The normalized spacial score (nSPS) is 21.9. The Kier molecular flexibility index (Phi) is 6.56. The number of rotatable bonds is 5. The van der Waals surface area contributed by atoms with Gasteiger partial charge in [-0.05, 0) is 6.42 Å². The lowest BCUT2D eigenvalue weighted by atomic mass is 10.3. The van der Waals surface area contributed by atoms with E-state index in [2.05, 4.69) is 22.0 Å². The summed E-state index contributed by atoms with van der Waals surface area (Å²) in [7, 11) is 0. The average molecular weight is 284 g/mol. The molecule has 2 saturated heterocycles. The number of nitrogens with one attached hydrogen (secondary N) is 1. The van der Waals surface area contributed by atoms with Gasteiger partial charge in [-0.15, -0.1) is 0 Å². The standard InChI is InChI=1S/C14H28N4O2/c1-2-3-15-14(19)18-8-6-16(7-9-18)4-5-17-10-12-20-13-11-17/h2-13H2,1H3,(H,15,19). The Morgan fingerprint density at radius 1 is 1.00 bits per heavy atom. The van der Waals surface area contributed by atoms with Gasteiger partial charge in [0.05, 0.1) is 13.2 Å². The highest BCUT2D eigenvalue weighted by Gasteiger charge is 2.21. The molecule has 6 heteroatoms. The molecule has 0 aromatic rings. The van der Waals surface area contributed by atoms with Crippen LogP contribution in [0, 0.1) is 0 Å². The van der Waals surface area contributed by atoms with Gasteiger partial charge in [-0.3, -0.25) is 9.80 Å². The molecule has 2 fully saturated rings. The number of piperazine rings is 1. The lowest BCUT2D eigenvalue weighted by Gasteiger charge is -2.36. The number of morpholine rings is 1. The zero-order valence-corrected chi connectivity index (χ0v) is 12.6. The van der Waals surface area contributed by atoms with Gasteiger partial charge in [0.25, 0.3) is 0 Å². The molecule has 2 aliphatic rings. The summed E-state index contributed by atoms with van der Waals surface area (Å²) in [5.74, 6) is 0. The fourth-order valence-electron chi connectivity index (χ4n) is 2.63. The molecule has 0 saturated carbocycles. The van der Waals surface area contributed by atoms with Crippen LogP contribution < -0.4 is 5.32 Å². The molecule has 0 aliphatic carbocycles. The van der Waals surface area contributed by atoms with Crippen LogP contribution in [0.4, 0.5) is 4.79 Å². The molecule has 116 valence electrons. The second kappa shape index (κ2) is 8.44. The Labute approximate surface area is 122 Å². The molecule has 0 aromatic heterocycles. The molecule has 2 heterocycles. The van der Waals surface area contributed by atoms with Gasteiger partial charge in [0.2, 0.25) is 0 Å². The number of hydrogen-bond donors (Lipinski definition) is 1. The fraction of sp³-hybridized carbons (Fsp3) is 0.929. The Morgan fingerprint density at radius 3 is 2.20 bits per heavy atom. The van der Waals surface area contributed by atoms with Crippen LogP contribution in [-0.4, -0.2) is 92.8 Å². The number of hydrogen-bond acceptors (Lipinski definition) is 4. The van der Waals surface area contributed by atoms with Gasteiger partial charge in [0.1, 0.15) is 0 Å². The van der Waals surface area contributed by atoms with E-state index in [0.29, 0.717) is 0 Å². The van der Waals surface area contributed by atoms with Crippen molar-refractivity contribution in [3.05, 3.63) is 0 Å². The number of ether oxygens (including phenoxy) is 1. The first-order valence-electron chi connectivity index (χ1n) is 7.85. The van der Waals surface area contributed by atoms with Gasteiger partial charge in [-0.2, -0.15) is 0 Å². The number of urea groups is 1. The Morgan fingerprint density at radius 2 is 1.60 bits per heavy atom. The Hall–Kier alpha value is -0.850. The fourth-order valence-corrected chi connectivity index (χ4v) is 2.63. The summed E-state index contributed by atoms with van der Waals surface area (Å²) in [6.07, 6.45) is 0.991. The summed E-state index contributed by atoms with van der Waals surface area (Å²) in [6.45, 7) is 12.6. The van der Waals surface area contributed by atoms with E-state index in [4.69, 9.17) is 4.74 Å². The largest absolute Gasteiger partial charge is 0.379 e. The van der Waals surface area contributed by atoms with Crippen LogP contribution in [0.15, 0.2) is 0 Å². The van der Waals surface area contributed by atoms with E-state index < -0.39 is 0 Å². The van der Waals surface area contributed by atoms with Crippen LogP contribution in [0.1, 0.15) is 13.3 Å². The second-order valence-corrected chi connectivity index (χ2v) is 5.51. The first kappa shape index (κ1) is 15.5. The van der Waals surface area contributed by atoms with Crippen LogP contribution in [0.25, 0.3) is 0 Å². The maximum Gasteiger partial charge on any atom is 0.317 e. The molecule has 2 amide bonds. The van der Waals surface area contributed by atoms with E-state index >= 15 is 0 Å². The van der Waals surface area contributed by atoms with Crippen molar-refractivity contribution in [1.82, 2.24) is 20.0 Å². The average Bonchev–Trinajstić information content (AvgIpc) is 2.52. The summed E-state index contributed by atoms with van der Waals surface area (Å²) in [5.41, 5.74) is 0. The van der Waals surface area contributed by atoms with Gasteiger partial charge < -0.3 is 15.0 Å². The van der Waals surface area contributed by atoms with E-state index in [1.54, 1.807) is 0 Å². The monoisotopic (exact) mass is 284 g/mol. The van der Waals surface area contributed by atoms with E-state index in [1.807, 2.05) is 4.90 Å². The number of carbonyl (C=O) groups is 1. The quantitative estimate of drug-likeness (QED) is 0.775. The van der Waals surface area contributed by atoms with E-state index in [1.165, 1.54) is 0 Å². The van der Waals surface area contributed by atoms with E-state index in [-0.39, 0.29) is 6.03 Å². The van der Waals surface area contributed by atoms with E-state index in [9.17, 15) is 4.79 Å². The molecule has 0 spiro atoms. The van der Waals surface area contributed by atoms with Crippen molar-refractivity contribution in [3.63, 3.8) is 0 Å². The van der Waals surface area contributed by atoms with Crippen molar-refractivity contribution < 1.29 is 9.53 Å². The molecule has 0 aromatic carbocycles. The predicted molar refractivity (Wildman–Crippen MR) is 79.0 cm³/mol. The molecule has 0 unspecified atom stereocenters. The Bertz CT molecular complexity index is 287. The molecule has 2 aliphatic heterocycles. The zero-order chi connectivity index (χ0) is 14.2. The summed E-state index contributed by atoms with van der Waals surface area (Å²) < 4.78 is 5.36. The minimum absolute atomic E-state index is 0.0969. The van der Waals surface area contributed by atoms with Crippen LogP contribution in [-0.2, 0) is 4.74 Å². The van der Waals surface area contributed by atoms with Crippen LogP contribution in [0.2, 0.25) is 0 Å². The first-order chi connectivity index (χ1) is 9.79. The van der Waals surface area contributed by atoms with Crippen molar-refractivity contribution >= 4 is 6.03 Å². The van der Waals surface area contributed by atoms with Crippen molar-refractivity contribution in [1.29, 1.82) is 0 Å². The summed E-state index contributed by atoms with van der Waals surface area (Å²) in [5, 5.41) is 2.95. The van der Waals surface area contributed by atoms with Gasteiger partial charge in [0, 0.05) is 58.9 Å².